The Bertz CT molecular complexity index is 560. The van der Waals surface area contributed by atoms with E-state index in [-0.39, 0.29) is 30.3 Å². The summed E-state index contributed by atoms with van der Waals surface area (Å²) in [5, 5.41) is 8.06. The van der Waals surface area contributed by atoms with Gasteiger partial charge in [-0.15, -0.1) is 0 Å². The molecule has 1 heterocycles. The Hall–Kier alpha value is -2.12. The van der Waals surface area contributed by atoms with Gasteiger partial charge in [0.2, 0.25) is 11.8 Å². The molecule has 0 bridgehead atoms. The molecule has 3 amide bonds. The van der Waals surface area contributed by atoms with Crippen molar-refractivity contribution in [2.24, 2.45) is 11.8 Å². The first-order valence-electron chi connectivity index (χ1n) is 10.4. The van der Waals surface area contributed by atoms with Gasteiger partial charge in [0, 0.05) is 12.5 Å². The zero-order valence-corrected chi connectivity index (χ0v) is 16.9. The SMILES string of the molecule is CC(C)C[C@H](NC(=O)OC1CCCCC1)C(=O)N[C@H](C=O)C[C@H]1CCNC1=O. The summed E-state index contributed by atoms with van der Waals surface area (Å²) < 4.78 is 5.45. The second-order valence-electron chi connectivity index (χ2n) is 8.26. The highest BCUT2D eigenvalue weighted by Gasteiger charge is 2.30. The molecule has 3 atom stereocenters. The fourth-order valence-corrected chi connectivity index (χ4v) is 3.82. The summed E-state index contributed by atoms with van der Waals surface area (Å²) in [6.45, 7) is 4.50. The number of nitrogens with one attached hydrogen (secondary N) is 3. The molecule has 2 rings (SSSR count). The maximum absolute atomic E-state index is 12.7. The van der Waals surface area contributed by atoms with Crippen molar-refractivity contribution in [2.45, 2.75) is 83.4 Å². The number of hydrogen-bond donors (Lipinski definition) is 3. The number of amides is 3. The molecule has 8 heteroatoms. The summed E-state index contributed by atoms with van der Waals surface area (Å²) >= 11 is 0. The fraction of sp³-hybridized carbons (Fsp3) is 0.800. The lowest BCUT2D eigenvalue weighted by Crippen LogP contribution is -2.51. The van der Waals surface area contributed by atoms with E-state index in [1.54, 1.807) is 0 Å². The predicted molar refractivity (Wildman–Crippen MR) is 103 cm³/mol. The topological polar surface area (TPSA) is 114 Å². The van der Waals surface area contributed by atoms with Crippen molar-refractivity contribution in [3.63, 3.8) is 0 Å². The van der Waals surface area contributed by atoms with Gasteiger partial charge in [-0.2, -0.15) is 0 Å². The summed E-state index contributed by atoms with van der Waals surface area (Å²) in [5.74, 6) is -0.622. The van der Waals surface area contributed by atoms with Crippen molar-refractivity contribution in [1.29, 1.82) is 0 Å². The minimum Gasteiger partial charge on any atom is -0.446 e. The molecular weight excluding hydrogens is 362 g/mol. The van der Waals surface area contributed by atoms with Crippen LogP contribution in [0, 0.1) is 11.8 Å². The lowest BCUT2D eigenvalue weighted by molar-refractivity contribution is -0.127. The van der Waals surface area contributed by atoms with Gasteiger partial charge in [-0.1, -0.05) is 20.3 Å². The van der Waals surface area contributed by atoms with Crippen molar-refractivity contribution in [3.05, 3.63) is 0 Å². The number of aldehydes is 1. The number of alkyl carbamates (subject to hydrolysis) is 1. The molecule has 8 nitrogen and oxygen atoms in total. The van der Waals surface area contributed by atoms with E-state index in [4.69, 9.17) is 4.74 Å². The predicted octanol–water partition coefficient (Wildman–Crippen LogP) is 1.67. The summed E-state index contributed by atoms with van der Waals surface area (Å²) in [6.07, 6.45) is 6.26. The largest absolute Gasteiger partial charge is 0.446 e. The molecule has 0 unspecified atom stereocenters. The van der Waals surface area contributed by atoms with Gasteiger partial charge in [0.15, 0.2) is 0 Å². The van der Waals surface area contributed by atoms with E-state index in [0.717, 1.165) is 32.1 Å². The Morgan fingerprint density at radius 2 is 1.89 bits per heavy atom. The quantitative estimate of drug-likeness (QED) is 0.514. The molecule has 28 heavy (non-hydrogen) atoms. The highest BCUT2D eigenvalue weighted by atomic mass is 16.6. The van der Waals surface area contributed by atoms with E-state index in [1.807, 2.05) is 13.8 Å². The molecule has 0 aromatic rings. The third kappa shape index (κ3) is 7.13. The van der Waals surface area contributed by atoms with Gasteiger partial charge >= 0.3 is 6.09 Å². The van der Waals surface area contributed by atoms with Gasteiger partial charge in [-0.3, -0.25) is 9.59 Å². The Morgan fingerprint density at radius 3 is 2.46 bits per heavy atom. The average Bonchev–Trinajstić information content (AvgIpc) is 3.05. The van der Waals surface area contributed by atoms with Crippen molar-refractivity contribution in [1.82, 2.24) is 16.0 Å². The van der Waals surface area contributed by atoms with Gasteiger partial charge in [0.25, 0.3) is 0 Å². The molecule has 1 saturated heterocycles. The van der Waals surface area contributed by atoms with Crippen molar-refractivity contribution >= 4 is 24.2 Å². The van der Waals surface area contributed by atoms with Gasteiger partial charge in [0.1, 0.15) is 18.4 Å². The molecule has 2 aliphatic rings. The van der Waals surface area contributed by atoms with Crippen LogP contribution in [0.5, 0.6) is 0 Å². The average molecular weight is 396 g/mol. The molecule has 1 aliphatic carbocycles. The summed E-state index contributed by atoms with van der Waals surface area (Å²) in [4.78, 5) is 48.1. The second-order valence-corrected chi connectivity index (χ2v) is 8.26. The zero-order valence-electron chi connectivity index (χ0n) is 16.9. The summed E-state index contributed by atoms with van der Waals surface area (Å²) in [7, 11) is 0. The van der Waals surface area contributed by atoms with Crippen LogP contribution in [0.1, 0.15) is 65.2 Å². The lowest BCUT2D eigenvalue weighted by Gasteiger charge is -2.25. The first-order chi connectivity index (χ1) is 13.4. The minimum atomic E-state index is -0.782. The third-order valence-electron chi connectivity index (χ3n) is 5.33. The van der Waals surface area contributed by atoms with E-state index in [9.17, 15) is 19.2 Å². The van der Waals surface area contributed by atoms with Crippen LogP contribution in [0.15, 0.2) is 0 Å². The van der Waals surface area contributed by atoms with Crippen LogP contribution < -0.4 is 16.0 Å². The third-order valence-corrected chi connectivity index (χ3v) is 5.33. The highest BCUT2D eigenvalue weighted by Crippen LogP contribution is 2.20. The van der Waals surface area contributed by atoms with E-state index in [2.05, 4.69) is 16.0 Å². The van der Waals surface area contributed by atoms with Gasteiger partial charge in [0.05, 0.1) is 6.04 Å². The second kappa shape index (κ2) is 11.0. The standard InChI is InChI=1S/C20H33N3O5/c1-13(2)10-17(23-20(27)28-16-6-4-3-5-7-16)19(26)22-15(12-24)11-14-8-9-21-18(14)25/h12-17H,3-11H2,1-2H3,(H,21,25)(H,22,26)(H,23,27)/t14-,15+,17+/m1/s1. The van der Waals surface area contributed by atoms with Gasteiger partial charge in [-0.25, -0.2) is 4.79 Å². The van der Waals surface area contributed by atoms with E-state index in [0.29, 0.717) is 25.7 Å². The molecule has 0 aromatic heterocycles. The minimum absolute atomic E-state index is 0.0889. The van der Waals surface area contributed by atoms with Crippen molar-refractivity contribution in [2.75, 3.05) is 6.54 Å². The first-order valence-corrected chi connectivity index (χ1v) is 10.4. The van der Waals surface area contributed by atoms with Crippen LogP contribution in [-0.4, -0.2) is 48.9 Å². The normalized spacial score (nSPS) is 22.2. The van der Waals surface area contributed by atoms with Crippen LogP contribution >= 0.6 is 0 Å². The molecule has 2 fully saturated rings. The maximum Gasteiger partial charge on any atom is 0.408 e. The Balaban J connectivity index is 1.89. The summed E-state index contributed by atoms with van der Waals surface area (Å²) in [6, 6.07) is -1.54. The van der Waals surface area contributed by atoms with Crippen LogP contribution in [0.3, 0.4) is 0 Å². The molecule has 0 aromatic carbocycles. The van der Waals surface area contributed by atoms with Crippen molar-refractivity contribution in [3.8, 4) is 0 Å². The lowest BCUT2D eigenvalue weighted by atomic mass is 9.98. The first kappa shape index (κ1) is 22.2. The Labute approximate surface area is 166 Å². The van der Waals surface area contributed by atoms with Crippen molar-refractivity contribution < 1.29 is 23.9 Å². The zero-order chi connectivity index (χ0) is 20.5. The highest BCUT2D eigenvalue weighted by molar-refractivity contribution is 5.88. The molecule has 0 spiro atoms. The van der Waals surface area contributed by atoms with E-state index >= 15 is 0 Å². The molecule has 158 valence electrons. The number of hydrogen-bond acceptors (Lipinski definition) is 5. The Kier molecular flexibility index (Phi) is 8.73. The maximum atomic E-state index is 12.7. The van der Waals surface area contributed by atoms with E-state index < -0.39 is 24.1 Å². The van der Waals surface area contributed by atoms with Crippen LogP contribution in [0.4, 0.5) is 4.79 Å². The molecule has 1 saturated carbocycles. The monoisotopic (exact) mass is 395 g/mol. The number of carbonyl (C=O) groups excluding carboxylic acids is 4. The van der Waals surface area contributed by atoms with E-state index in [1.165, 1.54) is 0 Å². The van der Waals surface area contributed by atoms with Crippen LogP contribution in [0.2, 0.25) is 0 Å². The molecular formula is C20H33N3O5. The molecule has 0 radical (unpaired) electrons. The Morgan fingerprint density at radius 1 is 1.18 bits per heavy atom. The summed E-state index contributed by atoms with van der Waals surface area (Å²) in [5.41, 5.74) is 0. The molecule has 3 N–H and O–H groups in total. The molecule has 1 aliphatic heterocycles. The van der Waals surface area contributed by atoms with Gasteiger partial charge in [-0.05, 0) is 50.9 Å². The number of rotatable bonds is 9. The van der Waals surface area contributed by atoms with Gasteiger partial charge < -0.3 is 25.5 Å². The fourth-order valence-electron chi connectivity index (χ4n) is 3.82. The number of carbonyl (C=O) groups is 4. The van der Waals surface area contributed by atoms with Crippen LogP contribution in [-0.2, 0) is 19.1 Å². The smallest absolute Gasteiger partial charge is 0.408 e. The number of ether oxygens (including phenoxy) is 1. The van der Waals surface area contributed by atoms with Crippen LogP contribution in [0.25, 0.3) is 0 Å².